The van der Waals surface area contributed by atoms with Gasteiger partial charge in [-0.2, -0.15) is 0 Å². The fraction of sp³-hybridized carbons (Fsp3) is 0.483. The van der Waals surface area contributed by atoms with Gasteiger partial charge in [-0.1, -0.05) is 119 Å². The van der Waals surface area contributed by atoms with E-state index in [2.05, 4.69) is 62.0 Å². The Balaban J connectivity index is 1.96. The van der Waals surface area contributed by atoms with Crippen molar-refractivity contribution in [2.24, 2.45) is 0 Å². The Kier molecular flexibility index (Phi) is 12.5. The number of unbranched alkanes of at least 4 members (excludes halogenated alkanes) is 6. The molecule has 3 nitrogen and oxygen atoms in total. The van der Waals surface area contributed by atoms with Crippen molar-refractivity contribution in [1.29, 1.82) is 0 Å². The summed E-state index contributed by atoms with van der Waals surface area (Å²) in [6, 6.07) is 20.9. The molecule has 0 saturated heterocycles. The molecule has 0 aliphatic rings. The summed E-state index contributed by atoms with van der Waals surface area (Å²) in [7, 11) is 0. The molecule has 0 aromatic heterocycles. The second-order valence-corrected chi connectivity index (χ2v) is 8.62. The van der Waals surface area contributed by atoms with E-state index in [1.165, 1.54) is 49.7 Å². The van der Waals surface area contributed by atoms with Gasteiger partial charge in [-0.3, -0.25) is 0 Å². The van der Waals surface area contributed by atoms with E-state index in [0.717, 1.165) is 12.8 Å². The Morgan fingerprint density at radius 1 is 0.812 bits per heavy atom. The molecule has 0 fully saturated rings. The summed E-state index contributed by atoms with van der Waals surface area (Å²) in [5.74, 6) is -0.202. The lowest BCUT2D eigenvalue weighted by Gasteiger charge is -2.23. The maximum absolute atomic E-state index is 11.9. The zero-order valence-corrected chi connectivity index (χ0v) is 19.9. The molecule has 0 N–H and O–H groups in total. The molecule has 32 heavy (non-hydrogen) atoms. The highest BCUT2D eigenvalue weighted by Crippen LogP contribution is 2.26. The van der Waals surface area contributed by atoms with Gasteiger partial charge in [0.1, 0.15) is 6.61 Å². The molecule has 2 rings (SSSR count). The van der Waals surface area contributed by atoms with Crippen LogP contribution < -0.4 is 0 Å². The largest absolute Gasteiger partial charge is 0.460 e. The third-order valence-electron chi connectivity index (χ3n) is 5.78. The van der Waals surface area contributed by atoms with E-state index in [4.69, 9.17) is 9.47 Å². The van der Waals surface area contributed by atoms with E-state index in [1.807, 2.05) is 12.1 Å². The van der Waals surface area contributed by atoms with Crippen LogP contribution in [0.25, 0.3) is 0 Å². The van der Waals surface area contributed by atoms with Crippen molar-refractivity contribution in [3.63, 3.8) is 0 Å². The molecule has 0 aliphatic carbocycles. The number of rotatable bonds is 16. The molecule has 2 aromatic carbocycles. The summed E-state index contributed by atoms with van der Waals surface area (Å²) in [6.07, 6.45) is 9.54. The maximum Gasteiger partial charge on any atom is 0.333 e. The molecule has 2 aromatic rings. The van der Waals surface area contributed by atoms with Crippen LogP contribution in [0.15, 0.2) is 72.8 Å². The average Bonchev–Trinajstić information content (AvgIpc) is 2.82. The minimum absolute atomic E-state index is 0.108. The fourth-order valence-electron chi connectivity index (χ4n) is 3.82. The lowest BCUT2D eigenvalue weighted by molar-refractivity contribution is -0.143. The first-order valence-electron chi connectivity index (χ1n) is 12.2. The minimum Gasteiger partial charge on any atom is -0.460 e. The summed E-state index contributed by atoms with van der Waals surface area (Å²) in [5.41, 5.74) is 2.88. The van der Waals surface area contributed by atoms with E-state index in [1.54, 1.807) is 6.92 Å². The molecule has 1 unspecified atom stereocenters. The summed E-state index contributed by atoms with van der Waals surface area (Å²) >= 11 is 0. The molecule has 0 spiro atoms. The number of hydrogen-bond donors (Lipinski definition) is 0. The Bertz CT molecular complexity index is 730. The van der Waals surface area contributed by atoms with Crippen molar-refractivity contribution in [2.75, 3.05) is 13.2 Å². The highest BCUT2D eigenvalue weighted by atomic mass is 16.6. The van der Waals surface area contributed by atoms with Gasteiger partial charge in [-0.05, 0) is 24.5 Å². The number of ether oxygens (including phenoxy) is 2. The van der Waals surface area contributed by atoms with Gasteiger partial charge in [0.05, 0.1) is 12.7 Å². The monoisotopic (exact) mass is 436 g/mol. The van der Waals surface area contributed by atoms with E-state index < -0.39 is 0 Å². The van der Waals surface area contributed by atoms with Gasteiger partial charge in [0.2, 0.25) is 0 Å². The zero-order chi connectivity index (χ0) is 23.0. The predicted molar refractivity (Wildman–Crippen MR) is 133 cm³/mol. The number of hydrogen-bond acceptors (Lipinski definition) is 3. The highest BCUT2D eigenvalue weighted by molar-refractivity contribution is 5.86. The van der Waals surface area contributed by atoms with Gasteiger partial charge in [0, 0.05) is 11.5 Å². The van der Waals surface area contributed by atoms with Crippen molar-refractivity contribution in [3.8, 4) is 0 Å². The maximum atomic E-state index is 11.9. The van der Waals surface area contributed by atoms with Crippen LogP contribution in [0.2, 0.25) is 0 Å². The first-order chi connectivity index (χ1) is 15.6. The van der Waals surface area contributed by atoms with Crippen LogP contribution in [0.5, 0.6) is 0 Å². The molecule has 0 saturated carbocycles. The second kappa shape index (κ2) is 15.4. The molecular formula is C29H40O3. The highest BCUT2D eigenvalue weighted by Gasteiger charge is 2.19. The first kappa shape index (κ1) is 25.9. The average molecular weight is 437 g/mol. The third kappa shape index (κ3) is 9.82. The van der Waals surface area contributed by atoms with Crippen LogP contribution in [0.4, 0.5) is 0 Å². The van der Waals surface area contributed by atoms with Crippen LogP contribution in [0, 0.1) is 0 Å². The van der Waals surface area contributed by atoms with E-state index in [9.17, 15) is 4.79 Å². The van der Waals surface area contributed by atoms with Crippen molar-refractivity contribution < 1.29 is 14.3 Å². The Morgan fingerprint density at radius 3 is 1.88 bits per heavy atom. The predicted octanol–water partition coefficient (Wildman–Crippen LogP) is 7.46. The topological polar surface area (TPSA) is 35.5 Å². The molecule has 0 amide bonds. The van der Waals surface area contributed by atoms with Gasteiger partial charge in [-0.25, -0.2) is 4.79 Å². The summed E-state index contributed by atoms with van der Waals surface area (Å²) in [6.45, 7) is 8.43. The number of esters is 1. The molecule has 0 bridgehead atoms. The van der Waals surface area contributed by atoms with Crippen LogP contribution in [-0.2, 0) is 14.3 Å². The third-order valence-corrected chi connectivity index (χ3v) is 5.78. The van der Waals surface area contributed by atoms with Gasteiger partial charge in [0.15, 0.2) is 0 Å². The number of benzene rings is 2. The van der Waals surface area contributed by atoms with E-state index in [0.29, 0.717) is 12.2 Å². The lowest BCUT2D eigenvalue weighted by Crippen LogP contribution is -2.25. The van der Waals surface area contributed by atoms with Crippen molar-refractivity contribution in [1.82, 2.24) is 0 Å². The fourth-order valence-corrected chi connectivity index (χ4v) is 3.82. The van der Waals surface area contributed by atoms with Gasteiger partial charge >= 0.3 is 5.97 Å². The number of carbonyl (C=O) groups is 1. The first-order valence-corrected chi connectivity index (χ1v) is 12.2. The Labute approximate surface area is 194 Å². The lowest BCUT2D eigenvalue weighted by atomic mass is 9.92. The van der Waals surface area contributed by atoms with Crippen LogP contribution in [-0.4, -0.2) is 25.3 Å². The van der Waals surface area contributed by atoms with Crippen molar-refractivity contribution >= 4 is 5.97 Å². The van der Waals surface area contributed by atoms with Crippen molar-refractivity contribution in [3.05, 3.63) is 83.9 Å². The van der Waals surface area contributed by atoms with Gasteiger partial charge < -0.3 is 9.47 Å². The zero-order valence-electron chi connectivity index (χ0n) is 19.9. The molecule has 1 atom stereocenters. The molecular weight excluding hydrogens is 396 g/mol. The second-order valence-electron chi connectivity index (χ2n) is 8.62. The summed E-state index contributed by atoms with van der Waals surface area (Å²) < 4.78 is 11.8. The SMILES string of the molecule is C=C(C)C(=O)OCC(CCCCCCCCC)OCC(c1ccccc1)c1ccccc1. The Morgan fingerprint density at radius 2 is 1.34 bits per heavy atom. The van der Waals surface area contributed by atoms with Crippen LogP contribution >= 0.6 is 0 Å². The van der Waals surface area contributed by atoms with Crippen molar-refractivity contribution in [2.45, 2.75) is 77.2 Å². The van der Waals surface area contributed by atoms with Gasteiger partial charge in [-0.15, -0.1) is 0 Å². The summed E-state index contributed by atoms with van der Waals surface area (Å²) in [4.78, 5) is 11.9. The normalized spacial score (nSPS) is 12.0. The molecule has 0 radical (unpaired) electrons. The quantitative estimate of drug-likeness (QED) is 0.156. The molecule has 174 valence electrons. The van der Waals surface area contributed by atoms with Crippen LogP contribution in [0.3, 0.4) is 0 Å². The smallest absolute Gasteiger partial charge is 0.333 e. The van der Waals surface area contributed by atoms with Gasteiger partial charge in [0.25, 0.3) is 0 Å². The standard InChI is InChI=1S/C29H40O3/c1-4-5-6-7-8-9-16-21-27(22-32-29(30)24(2)3)31-23-28(25-17-12-10-13-18-25)26-19-14-11-15-20-26/h10-15,17-20,27-28H,2,4-9,16,21-23H2,1,3H3. The van der Waals surface area contributed by atoms with E-state index in [-0.39, 0.29) is 24.6 Å². The summed E-state index contributed by atoms with van der Waals surface area (Å²) in [5, 5.41) is 0. The van der Waals surface area contributed by atoms with E-state index >= 15 is 0 Å². The van der Waals surface area contributed by atoms with Crippen LogP contribution in [0.1, 0.15) is 82.3 Å². The molecule has 0 aliphatic heterocycles. The minimum atomic E-state index is -0.346. The number of carbonyl (C=O) groups excluding carboxylic acids is 1. The molecule has 0 heterocycles. The molecule has 3 heteroatoms. The Hall–Kier alpha value is -2.39.